The Hall–Kier alpha value is -1.95. The normalized spacial score (nSPS) is 16.7. The van der Waals surface area contributed by atoms with E-state index >= 15 is 0 Å². The van der Waals surface area contributed by atoms with Gasteiger partial charge in [0.05, 0.1) is 10.3 Å². The van der Waals surface area contributed by atoms with Gasteiger partial charge in [-0.05, 0) is 18.4 Å². The number of nitro benzene ring substituents is 1. The fourth-order valence-electron chi connectivity index (χ4n) is 3.08. The van der Waals surface area contributed by atoms with Crippen LogP contribution in [0.2, 0.25) is 0 Å². The van der Waals surface area contributed by atoms with E-state index in [2.05, 4.69) is 0 Å². The molecule has 2 N–H and O–H groups in total. The smallest absolute Gasteiger partial charge is 0.269 e. The van der Waals surface area contributed by atoms with Crippen LogP contribution in [0.15, 0.2) is 24.3 Å². The van der Waals surface area contributed by atoms with Crippen LogP contribution in [0, 0.1) is 15.5 Å². The number of hydrogen-bond donors (Lipinski definition) is 1. The SMILES string of the molecule is CN(Cc1cccc([N+](=O)[O-])c1)C(=O)C1(CN)CCCC1. The zero-order chi connectivity index (χ0) is 15.5. The molecule has 1 aromatic rings. The molecule has 0 radical (unpaired) electrons. The zero-order valence-electron chi connectivity index (χ0n) is 12.2. The number of non-ortho nitro benzene ring substituents is 1. The first-order chi connectivity index (χ1) is 9.98. The number of nitrogens with zero attached hydrogens (tertiary/aromatic N) is 2. The van der Waals surface area contributed by atoms with Gasteiger partial charge < -0.3 is 10.6 Å². The van der Waals surface area contributed by atoms with Crippen molar-refractivity contribution in [3.8, 4) is 0 Å². The number of amides is 1. The summed E-state index contributed by atoms with van der Waals surface area (Å²) in [5, 5.41) is 10.8. The molecule has 6 nitrogen and oxygen atoms in total. The molecule has 6 heteroatoms. The molecule has 1 aromatic carbocycles. The molecule has 0 saturated heterocycles. The number of benzene rings is 1. The third-order valence-electron chi connectivity index (χ3n) is 4.29. The Morgan fingerprint density at radius 2 is 2.10 bits per heavy atom. The van der Waals surface area contributed by atoms with Crippen LogP contribution in [0.5, 0.6) is 0 Å². The van der Waals surface area contributed by atoms with E-state index in [1.165, 1.54) is 12.1 Å². The van der Waals surface area contributed by atoms with Crippen LogP contribution < -0.4 is 5.73 Å². The van der Waals surface area contributed by atoms with E-state index in [-0.39, 0.29) is 11.6 Å². The van der Waals surface area contributed by atoms with Gasteiger partial charge in [-0.25, -0.2) is 0 Å². The van der Waals surface area contributed by atoms with Gasteiger partial charge >= 0.3 is 0 Å². The molecule has 0 atom stereocenters. The fraction of sp³-hybridized carbons (Fsp3) is 0.533. The van der Waals surface area contributed by atoms with Gasteiger partial charge in [0.2, 0.25) is 5.91 Å². The van der Waals surface area contributed by atoms with Gasteiger partial charge in [0.1, 0.15) is 0 Å². The topological polar surface area (TPSA) is 89.5 Å². The summed E-state index contributed by atoms with van der Waals surface area (Å²) in [7, 11) is 1.73. The van der Waals surface area contributed by atoms with E-state index in [1.54, 1.807) is 24.1 Å². The average Bonchev–Trinajstić information content (AvgIpc) is 2.96. The molecule has 114 valence electrons. The van der Waals surface area contributed by atoms with Gasteiger partial charge in [0, 0.05) is 32.3 Å². The number of hydrogen-bond acceptors (Lipinski definition) is 4. The molecular weight excluding hydrogens is 270 g/mol. The highest BCUT2D eigenvalue weighted by Crippen LogP contribution is 2.38. The Labute approximate surface area is 124 Å². The van der Waals surface area contributed by atoms with Crippen molar-refractivity contribution in [2.24, 2.45) is 11.1 Å². The lowest BCUT2D eigenvalue weighted by atomic mass is 9.84. The van der Waals surface area contributed by atoms with Gasteiger partial charge in [0.15, 0.2) is 0 Å². The van der Waals surface area contributed by atoms with Crippen molar-refractivity contribution in [1.82, 2.24) is 4.90 Å². The van der Waals surface area contributed by atoms with Crippen LogP contribution in [0.1, 0.15) is 31.2 Å². The lowest BCUT2D eigenvalue weighted by molar-refractivity contribution is -0.384. The number of nitrogens with two attached hydrogens (primary N) is 1. The first kappa shape index (κ1) is 15.4. The lowest BCUT2D eigenvalue weighted by Crippen LogP contribution is -2.44. The van der Waals surface area contributed by atoms with E-state index < -0.39 is 10.3 Å². The van der Waals surface area contributed by atoms with Crippen molar-refractivity contribution in [3.05, 3.63) is 39.9 Å². The molecule has 0 spiro atoms. The van der Waals surface area contributed by atoms with Crippen molar-refractivity contribution < 1.29 is 9.72 Å². The maximum atomic E-state index is 12.6. The molecule has 0 aromatic heterocycles. The molecule has 1 saturated carbocycles. The predicted octanol–water partition coefficient (Wildman–Crippen LogP) is 2.07. The van der Waals surface area contributed by atoms with Crippen LogP contribution in [0.4, 0.5) is 5.69 Å². The standard InChI is InChI=1S/C15H21N3O3/c1-17(14(19)15(11-16)7-2-3-8-15)10-12-5-4-6-13(9-12)18(20)21/h4-6,9H,2-3,7-8,10-11,16H2,1H3. The van der Waals surface area contributed by atoms with Crippen molar-refractivity contribution >= 4 is 11.6 Å². The van der Waals surface area contributed by atoms with Gasteiger partial charge in [0.25, 0.3) is 5.69 Å². The zero-order valence-corrected chi connectivity index (χ0v) is 12.2. The summed E-state index contributed by atoms with van der Waals surface area (Å²) in [4.78, 5) is 24.6. The Balaban J connectivity index is 2.10. The second-order valence-corrected chi connectivity index (χ2v) is 5.78. The molecule has 0 aliphatic heterocycles. The largest absolute Gasteiger partial charge is 0.341 e. The van der Waals surface area contributed by atoms with Crippen molar-refractivity contribution in [3.63, 3.8) is 0 Å². The molecule has 0 bridgehead atoms. The molecule has 0 heterocycles. The minimum atomic E-state index is -0.435. The first-order valence-electron chi connectivity index (χ1n) is 7.17. The quantitative estimate of drug-likeness (QED) is 0.664. The monoisotopic (exact) mass is 291 g/mol. The summed E-state index contributed by atoms with van der Waals surface area (Å²) in [5.74, 6) is 0.0500. The summed E-state index contributed by atoms with van der Waals surface area (Å²) in [6, 6.07) is 6.39. The summed E-state index contributed by atoms with van der Waals surface area (Å²) in [6.45, 7) is 0.730. The van der Waals surface area contributed by atoms with E-state index in [4.69, 9.17) is 5.73 Å². The van der Waals surface area contributed by atoms with E-state index in [9.17, 15) is 14.9 Å². The molecule has 1 aliphatic rings. The van der Waals surface area contributed by atoms with Gasteiger partial charge in [-0.15, -0.1) is 0 Å². The summed E-state index contributed by atoms with van der Waals surface area (Å²) in [6.07, 6.45) is 3.74. The Morgan fingerprint density at radius 1 is 1.43 bits per heavy atom. The summed E-state index contributed by atoms with van der Waals surface area (Å²) < 4.78 is 0. The molecule has 1 amide bonds. The summed E-state index contributed by atoms with van der Waals surface area (Å²) >= 11 is 0. The third kappa shape index (κ3) is 3.21. The average molecular weight is 291 g/mol. The lowest BCUT2D eigenvalue weighted by Gasteiger charge is -2.31. The van der Waals surface area contributed by atoms with Crippen molar-refractivity contribution in [2.75, 3.05) is 13.6 Å². The van der Waals surface area contributed by atoms with Crippen LogP contribution in [-0.4, -0.2) is 29.3 Å². The Morgan fingerprint density at radius 3 is 2.67 bits per heavy atom. The Bertz CT molecular complexity index is 539. The second-order valence-electron chi connectivity index (χ2n) is 5.78. The maximum absolute atomic E-state index is 12.6. The van der Waals surface area contributed by atoms with Crippen molar-refractivity contribution in [1.29, 1.82) is 0 Å². The second kappa shape index (κ2) is 6.22. The highest BCUT2D eigenvalue weighted by Gasteiger charge is 2.41. The Kier molecular flexibility index (Phi) is 4.57. The summed E-state index contributed by atoms with van der Waals surface area (Å²) in [5.41, 5.74) is 6.19. The highest BCUT2D eigenvalue weighted by atomic mass is 16.6. The maximum Gasteiger partial charge on any atom is 0.269 e. The number of rotatable bonds is 5. The van der Waals surface area contributed by atoms with Crippen LogP contribution in [0.25, 0.3) is 0 Å². The van der Waals surface area contributed by atoms with E-state index in [0.29, 0.717) is 13.1 Å². The highest BCUT2D eigenvalue weighted by molar-refractivity contribution is 5.83. The van der Waals surface area contributed by atoms with Crippen molar-refractivity contribution in [2.45, 2.75) is 32.2 Å². The number of nitro groups is 1. The van der Waals surface area contributed by atoms with Crippen LogP contribution >= 0.6 is 0 Å². The number of carbonyl (C=O) groups is 1. The van der Waals surface area contributed by atoms with Crippen LogP contribution in [-0.2, 0) is 11.3 Å². The molecule has 2 rings (SSSR count). The number of carbonyl (C=O) groups excluding carboxylic acids is 1. The van der Waals surface area contributed by atoms with Gasteiger partial charge in [-0.2, -0.15) is 0 Å². The van der Waals surface area contributed by atoms with E-state index in [0.717, 1.165) is 31.2 Å². The molecule has 1 aliphatic carbocycles. The molecular formula is C15H21N3O3. The van der Waals surface area contributed by atoms with Gasteiger partial charge in [-0.3, -0.25) is 14.9 Å². The minimum Gasteiger partial charge on any atom is -0.341 e. The molecule has 21 heavy (non-hydrogen) atoms. The molecule has 0 unspecified atom stereocenters. The van der Waals surface area contributed by atoms with Crippen LogP contribution in [0.3, 0.4) is 0 Å². The van der Waals surface area contributed by atoms with E-state index in [1.807, 2.05) is 0 Å². The predicted molar refractivity (Wildman–Crippen MR) is 79.5 cm³/mol. The minimum absolute atomic E-state index is 0.0442. The van der Waals surface area contributed by atoms with Gasteiger partial charge in [-0.1, -0.05) is 25.0 Å². The molecule has 1 fully saturated rings. The third-order valence-corrected chi connectivity index (χ3v) is 4.29. The fourth-order valence-corrected chi connectivity index (χ4v) is 3.08. The first-order valence-corrected chi connectivity index (χ1v) is 7.17.